The maximum Gasteiger partial charge on any atom is 3.00 e. The summed E-state index contributed by atoms with van der Waals surface area (Å²) in [7, 11) is 3.79. The van der Waals surface area contributed by atoms with Gasteiger partial charge in [-0.2, -0.15) is 12.4 Å². The van der Waals surface area contributed by atoms with Gasteiger partial charge in [0, 0.05) is 24.3 Å². The largest absolute Gasteiger partial charge is 3.00 e. The van der Waals surface area contributed by atoms with Gasteiger partial charge in [0.25, 0.3) is 0 Å². The van der Waals surface area contributed by atoms with Crippen molar-refractivity contribution in [3.8, 4) is 11.5 Å². The average molecular weight is 916 g/mol. The van der Waals surface area contributed by atoms with Crippen molar-refractivity contribution >= 4 is 24.8 Å². The van der Waals surface area contributed by atoms with Crippen LogP contribution in [0.5, 0.6) is 11.5 Å². The number of rotatable bonds is 6. The van der Waals surface area contributed by atoms with Crippen LogP contribution in [-0.2, 0) is 53.8 Å². The van der Waals surface area contributed by atoms with Gasteiger partial charge in [0.1, 0.15) is 17.1 Å². The summed E-state index contributed by atoms with van der Waals surface area (Å²) in [5, 5.41) is 38.7. The quantitative estimate of drug-likeness (QED) is 0.0766. The number of phenolic OH excluding ortho intramolecular Hbond substituents is 2. The van der Waals surface area contributed by atoms with Gasteiger partial charge >= 0.3 is 17.1 Å². The first kappa shape index (κ1) is 56.8. The Morgan fingerprint density at radius 3 is 0.984 bits per heavy atom. The van der Waals surface area contributed by atoms with E-state index >= 15 is 0 Å². The van der Waals surface area contributed by atoms with E-state index in [1.165, 1.54) is 19.3 Å². The van der Waals surface area contributed by atoms with Crippen molar-refractivity contribution in [3.05, 3.63) is 183 Å². The zero-order valence-electron chi connectivity index (χ0n) is 39.8. The van der Waals surface area contributed by atoms with Crippen molar-refractivity contribution in [2.24, 2.45) is 0 Å². The van der Waals surface area contributed by atoms with E-state index in [0.29, 0.717) is 11.1 Å². The molecule has 0 aromatic heterocycles. The van der Waals surface area contributed by atoms with Crippen molar-refractivity contribution in [2.45, 2.75) is 130 Å². The first-order chi connectivity index (χ1) is 28.5. The molecule has 340 valence electrons. The number of benzene rings is 5. The smallest absolute Gasteiger partial charge is 0.810 e. The second-order valence-electron chi connectivity index (χ2n) is 19.8. The van der Waals surface area contributed by atoms with Crippen LogP contribution in [0.25, 0.3) is 10.8 Å². The molecule has 1 saturated heterocycles. The Balaban J connectivity index is 0.000000438. The van der Waals surface area contributed by atoms with E-state index < -0.39 is 5.60 Å². The average Bonchev–Trinajstić information content (AvgIpc) is 3.22. The second kappa shape index (κ2) is 24.7. The minimum absolute atomic E-state index is 0. The summed E-state index contributed by atoms with van der Waals surface area (Å²) >= 11 is 0. The number of halogens is 1. The Hall–Kier alpha value is -4.23. The van der Waals surface area contributed by atoms with Crippen LogP contribution < -0.4 is 0 Å². The Kier molecular flexibility index (Phi) is 22.3. The normalized spacial score (nSPS) is 12.8. The van der Waals surface area contributed by atoms with E-state index in [2.05, 4.69) is 127 Å². The number of hydrogen-bond donors (Lipinski definition) is 2. The van der Waals surface area contributed by atoms with Crippen molar-refractivity contribution in [1.82, 2.24) is 0 Å². The van der Waals surface area contributed by atoms with E-state index in [4.69, 9.17) is 9.47 Å². The fraction of sp³-hybridized carbons (Fsp3) is 0.400. The molecular formula is C55H72ClMnN2O4. The maximum absolute atomic E-state index is 10.1. The molecule has 1 fully saturated rings. The van der Waals surface area contributed by atoms with E-state index in [-0.39, 0.29) is 62.6 Å². The zero-order valence-corrected chi connectivity index (χ0v) is 41.8. The zero-order chi connectivity index (χ0) is 45.6. The third-order valence-corrected chi connectivity index (χ3v) is 10.7. The van der Waals surface area contributed by atoms with Crippen LogP contribution in [0.15, 0.2) is 115 Å². The molecule has 0 aliphatic carbocycles. The maximum atomic E-state index is 10.1. The van der Waals surface area contributed by atoms with Crippen LogP contribution in [0, 0.1) is 7.11 Å². The fourth-order valence-corrected chi connectivity index (χ4v) is 6.98. The molecule has 1 aliphatic heterocycles. The molecule has 6 nitrogen and oxygen atoms in total. The molecule has 63 heavy (non-hydrogen) atoms. The molecule has 5 aromatic carbocycles. The Bertz CT molecular complexity index is 1930. The summed E-state index contributed by atoms with van der Waals surface area (Å²) in [5.74, 6) is 0.348. The van der Waals surface area contributed by atoms with Crippen LogP contribution in [0.4, 0.5) is 0 Å². The molecule has 0 bridgehead atoms. The SMILES string of the molecule is C1CCOCC1.CC(C)(C)c1cc(C=[N-])c(O)c(C(C)(C)C)c1.CC(C)(C)c1cc(C=[N-])c(O)c(C(C)(C)C)c1.Cl.[CH2-]OC(c1ccccc1)(c1ccccc1)c1ccccc1.[Mn+3]. The number of nitrogens with zero attached hydrogens (tertiary/aromatic N) is 2. The first-order valence-electron chi connectivity index (χ1n) is 21.4. The number of hydrogen-bond acceptors (Lipinski definition) is 4. The van der Waals surface area contributed by atoms with Crippen molar-refractivity contribution in [1.29, 1.82) is 0 Å². The van der Waals surface area contributed by atoms with E-state index in [1.54, 1.807) is 0 Å². The van der Waals surface area contributed by atoms with Gasteiger partial charge in [0.05, 0.1) is 0 Å². The summed E-state index contributed by atoms with van der Waals surface area (Å²) in [6.07, 6.45) is 5.87. The van der Waals surface area contributed by atoms with Gasteiger partial charge in [0.2, 0.25) is 0 Å². The molecule has 0 atom stereocenters. The third-order valence-electron chi connectivity index (χ3n) is 10.7. The number of phenols is 2. The number of aromatic hydroxyl groups is 2. The standard InChI is InChI=1S/C20H17O.2C15H22NO.C5H10O.ClH.Mn/c1-21-20(17-11-5-2-6-12-17,18-13-7-3-8-14-18)19-15-9-4-10-16-19;2*1-14(2,3)11-7-10(9-16)13(17)12(8-11)15(4,5)6;1-2-4-6-5-3-1;;/h2-16H,1H2;2*7-9,17H,1-6H3;1-5H2;1H;/q3*-1;;;+3. The minimum Gasteiger partial charge on any atom is -0.810 e. The van der Waals surface area contributed by atoms with Crippen LogP contribution in [0.1, 0.15) is 152 Å². The van der Waals surface area contributed by atoms with E-state index in [0.717, 1.165) is 64.6 Å². The molecule has 1 aliphatic rings. The molecule has 0 unspecified atom stereocenters. The third kappa shape index (κ3) is 15.8. The van der Waals surface area contributed by atoms with Gasteiger partial charge in [-0.05, 0) is 92.0 Å². The molecule has 0 radical (unpaired) electrons. The summed E-state index contributed by atoms with van der Waals surface area (Å²) in [5.41, 5.74) is 7.13. The van der Waals surface area contributed by atoms with Crippen molar-refractivity contribution < 1.29 is 36.8 Å². The van der Waals surface area contributed by atoms with E-state index in [1.807, 2.05) is 78.9 Å². The molecule has 1 heterocycles. The summed E-state index contributed by atoms with van der Waals surface area (Å²) < 4.78 is 10.9. The number of ether oxygens (including phenoxy) is 2. The molecule has 5 aromatic rings. The predicted molar refractivity (Wildman–Crippen MR) is 266 cm³/mol. The molecule has 0 saturated carbocycles. The van der Waals surface area contributed by atoms with Gasteiger partial charge in [-0.3, -0.25) is 0 Å². The Morgan fingerprint density at radius 2 is 0.794 bits per heavy atom. The summed E-state index contributed by atoms with van der Waals surface area (Å²) in [4.78, 5) is 0. The van der Waals surface area contributed by atoms with Crippen LogP contribution in [-0.4, -0.2) is 35.9 Å². The van der Waals surface area contributed by atoms with E-state index in [9.17, 15) is 21.0 Å². The van der Waals surface area contributed by atoms with Gasteiger partial charge in [-0.25, -0.2) is 7.11 Å². The molecule has 0 spiro atoms. The Morgan fingerprint density at radius 1 is 0.492 bits per heavy atom. The van der Waals surface area contributed by atoms with Gasteiger partial charge in [-0.15, -0.1) is 12.4 Å². The molecule has 6 rings (SSSR count). The topological polar surface area (TPSA) is 104 Å². The molecule has 8 heteroatoms. The molecular weight excluding hydrogens is 843 g/mol. The second-order valence-corrected chi connectivity index (χ2v) is 19.8. The summed E-state index contributed by atoms with van der Waals surface area (Å²) in [6, 6.07) is 38.3. The Labute approximate surface area is 397 Å². The van der Waals surface area contributed by atoms with Crippen molar-refractivity contribution in [3.63, 3.8) is 0 Å². The monoisotopic (exact) mass is 914 g/mol. The fourth-order valence-electron chi connectivity index (χ4n) is 6.98. The predicted octanol–water partition coefficient (Wildman–Crippen LogP) is 14.3. The van der Waals surface area contributed by atoms with Gasteiger partial charge in [-0.1, -0.05) is 186 Å². The van der Waals surface area contributed by atoms with Gasteiger partial charge in [0.15, 0.2) is 0 Å². The van der Waals surface area contributed by atoms with Crippen molar-refractivity contribution in [2.75, 3.05) is 13.2 Å². The van der Waals surface area contributed by atoms with Crippen LogP contribution in [0.2, 0.25) is 0 Å². The summed E-state index contributed by atoms with van der Waals surface area (Å²) in [6.45, 7) is 27.0. The molecule has 2 N–H and O–H groups in total. The first-order valence-corrected chi connectivity index (χ1v) is 21.4. The van der Waals surface area contributed by atoms with Crippen LogP contribution >= 0.6 is 12.4 Å². The minimum atomic E-state index is -0.691. The molecule has 0 amide bonds. The van der Waals surface area contributed by atoms with Gasteiger partial charge < -0.3 is 30.5 Å². The van der Waals surface area contributed by atoms with Crippen LogP contribution in [0.3, 0.4) is 0 Å².